The van der Waals surface area contributed by atoms with Crippen LogP contribution in [0.15, 0.2) is 59.5 Å². The standard InChI is InChI=1S/C22H28N2O4S/c1-17(23-29(26,27)21-10-8-20(28-2)9-11-21)22(25)24-14-12-19(13-15-24)16-18-6-4-3-5-7-18/h3-11,17,19,23H,12-16H2,1-2H3/t17-/m0/s1. The third-order valence-corrected chi connectivity index (χ3v) is 6.92. The fourth-order valence-corrected chi connectivity index (χ4v) is 4.88. The summed E-state index contributed by atoms with van der Waals surface area (Å²) < 4.78 is 32.7. The third kappa shape index (κ3) is 5.58. The van der Waals surface area contributed by atoms with Crippen LogP contribution in [0.1, 0.15) is 25.3 Å². The van der Waals surface area contributed by atoms with Crippen molar-refractivity contribution in [3.63, 3.8) is 0 Å². The Balaban J connectivity index is 1.53. The molecule has 1 amide bonds. The Morgan fingerprint density at radius 2 is 1.72 bits per heavy atom. The number of hydrogen-bond donors (Lipinski definition) is 1. The molecular formula is C22H28N2O4S. The number of sulfonamides is 1. The lowest BCUT2D eigenvalue weighted by Gasteiger charge is -2.33. The highest BCUT2D eigenvalue weighted by Gasteiger charge is 2.29. The molecule has 0 aliphatic carbocycles. The lowest BCUT2D eigenvalue weighted by Crippen LogP contribution is -2.49. The molecule has 1 aliphatic rings. The van der Waals surface area contributed by atoms with Crippen molar-refractivity contribution < 1.29 is 17.9 Å². The van der Waals surface area contributed by atoms with E-state index in [0.717, 1.165) is 19.3 Å². The maximum absolute atomic E-state index is 12.8. The number of nitrogens with zero attached hydrogens (tertiary/aromatic N) is 1. The Morgan fingerprint density at radius 1 is 1.10 bits per heavy atom. The maximum Gasteiger partial charge on any atom is 0.241 e. The van der Waals surface area contributed by atoms with Crippen molar-refractivity contribution in [2.75, 3.05) is 20.2 Å². The van der Waals surface area contributed by atoms with Crippen molar-refractivity contribution in [2.45, 2.75) is 37.1 Å². The largest absolute Gasteiger partial charge is 0.497 e. The van der Waals surface area contributed by atoms with E-state index in [-0.39, 0.29) is 10.8 Å². The molecule has 2 aromatic rings. The number of benzene rings is 2. The van der Waals surface area contributed by atoms with Crippen molar-refractivity contribution in [3.8, 4) is 5.75 Å². The fourth-order valence-electron chi connectivity index (χ4n) is 3.68. The van der Waals surface area contributed by atoms with Crippen LogP contribution in [0, 0.1) is 5.92 Å². The minimum Gasteiger partial charge on any atom is -0.497 e. The predicted molar refractivity (Wildman–Crippen MR) is 112 cm³/mol. The van der Waals surface area contributed by atoms with Gasteiger partial charge in [-0.25, -0.2) is 8.42 Å². The molecule has 0 spiro atoms. The van der Waals surface area contributed by atoms with E-state index in [4.69, 9.17) is 4.74 Å². The molecule has 2 aromatic carbocycles. The highest BCUT2D eigenvalue weighted by Crippen LogP contribution is 2.22. The Bertz CT molecular complexity index is 906. The van der Waals surface area contributed by atoms with Crippen LogP contribution < -0.4 is 9.46 Å². The average molecular weight is 417 g/mol. The number of carbonyl (C=O) groups is 1. The molecule has 1 fully saturated rings. The van der Waals surface area contributed by atoms with Gasteiger partial charge in [-0.3, -0.25) is 4.79 Å². The average Bonchev–Trinajstić information content (AvgIpc) is 2.74. The zero-order chi connectivity index (χ0) is 20.9. The zero-order valence-electron chi connectivity index (χ0n) is 16.9. The van der Waals surface area contributed by atoms with Crippen molar-refractivity contribution in [1.82, 2.24) is 9.62 Å². The minimum atomic E-state index is -3.77. The molecule has 6 nitrogen and oxygen atoms in total. The summed E-state index contributed by atoms with van der Waals surface area (Å²) in [6.45, 7) is 2.91. The Hall–Kier alpha value is -2.38. The van der Waals surface area contributed by atoms with Crippen LogP contribution in [0.2, 0.25) is 0 Å². The van der Waals surface area contributed by atoms with Crippen LogP contribution in [-0.4, -0.2) is 45.5 Å². The molecule has 156 valence electrons. The summed E-state index contributed by atoms with van der Waals surface area (Å²) in [4.78, 5) is 14.6. The van der Waals surface area contributed by atoms with E-state index in [1.165, 1.54) is 24.8 Å². The van der Waals surface area contributed by atoms with Gasteiger partial charge in [0.15, 0.2) is 0 Å². The van der Waals surface area contributed by atoms with Crippen LogP contribution in [-0.2, 0) is 21.2 Å². The van der Waals surface area contributed by atoms with Crippen LogP contribution in [0.4, 0.5) is 0 Å². The van der Waals surface area contributed by atoms with Gasteiger partial charge in [0.05, 0.1) is 18.0 Å². The molecule has 0 radical (unpaired) electrons. The van der Waals surface area contributed by atoms with Crippen LogP contribution in [0.5, 0.6) is 5.75 Å². The number of amides is 1. The molecule has 1 atom stereocenters. The van der Waals surface area contributed by atoms with E-state index >= 15 is 0 Å². The summed E-state index contributed by atoms with van der Waals surface area (Å²) in [6, 6.07) is 15.7. The first-order chi connectivity index (χ1) is 13.9. The van der Waals surface area contributed by atoms with E-state index in [2.05, 4.69) is 16.9 Å². The van der Waals surface area contributed by atoms with Gasteiger partial charge in [0.2, 0.25) is 15.9 Å². The topological polar surface area (TPSA) is 75.7 Å². The van der Waals surface area contributed by atoms with Crippen LogP contribution in [0.3, 0.4) is 0 Å². The second kappa shape index (κ2) is 9.41. The highest BCUT2D eigenvalue weighted by atomic mass is 32.2. The fraction of sp³-hybridized carbons (Fsp3) is 0.409. The van der Waals surface area contributed by atoms with E-state index < -0.39 is 16.1 Å². The Morgan fingerprint density at radius 3 is 2.31 bits per heavy atom. The molecule has 1 aliphatic heterocycles. The van der Waals surface area contributed by atoms with Gasteiger partial charge < -0.3 is 9.64 Å². The molecule has 0 aromatic heterocycles. The highest BCUT2D eigenvalue weighted by molar-refractivity contribution is 7.89. The second-order valence-electron chi connectivity index (χ2n) is 7.48. The summed E-state index contributed by atoms with van der Waals surface area (Å²) in [6.07, 6.45) is 2.87. The van der Waals surface area contributed by atoms with Gasteiger partial charge >= 0.3 is 0 Å². The predicted octanol–water partition coefficient (Wildman–Crippen LogP) is 2.84. The van der Waals surface area contributed by atoms with E-state index in [1.54, 1.807) is 24.0 Å². The molecule has 0 saturated carbocycles. The number of methoxy groups -OCH3 is 1. The van der Waals surface area contributed by atoms with Gasteiger partial charge in [-0.05, 0) is 61.9 Å². The molecule has 1 N–H and O–H groups in total. The summed E-state index contributed by atoms with van der Waals surface area (Å²) in [5.74, 6) is 0.944. The monoisotopic (exact) mass is 416 g/mol. The van der Waals surface area contributed by atoms with Crippen LogP contribution in [0.25, 0.3) is 0 Å². The maximum atomic E-state index is 12.8. The first kappa shape index (κ1) is 21.3. The van der Waals surface area contributed by atoms with Gasteiger partial charge in [-0.15, -0.1) is 0 Å². The number of rotatable bonds is 7. The first-order valence-electron chi connectivity index (χ1n) is 9.88. The number of ether oxygens (including phenoxy) is 1. The zero-order valence-corrected chi connectivity index (χ0v) is 17.7. The van der Waals surface area contributed by atoms with Crippen molar-refractivity contribution in [3.05, 3.63) is 60.2 Å². The molecule has 7 heteroatoms. The number of piperidine rings is 1. The molecule has 1 heterocycles. The molecule has 3 rings (SSSR count). The van der Waals surface area contributed by atoms with Crippen molar-refractivity contribution in [1.29, 1.82) is 0 Å². The Kier molecular flexibility index (Phi) is 6.92. The number of hydrogen-bond acceptors (Lipinski definition) is 4. The molecule has 0 unspecified atom stereocenters. The van der Waals surface area contributed by atoms with Crippen molar-refractivity contribution in [2.24, 2.45) is 5.92 Å². The summed E-state index contributed by atoms with van der Waals surface area (Å²) >= 11 is 0. The van der Waals surface area contributed by atoms with Gasteiger partial charge in [0.25, 0.3) is 0 Å². The van der Waals surface area contributed by atoms with E-state index in [0.29, 0.717) is 24.8 Å². The van der Waals surface area contributed by atoms with E-state index in [1.807, 2.05) is 18.2 Å². The second-order valence-corrected chi connectivity index (χ2v) is 9.19. The van der Waals surface area contributed by atoms with Gasteiger partial charge in [0, 0.05) is 13.1 Å². The normalized spacial score (nSPS) is 16.4. The van der Waals surface area contributed by atoms with Gasteiger partial charge in [-0.2, -0.15) is 4.72 Å². The third-order valence-electron chi connectivity index (χ3n) is 5.37. The number of carbonyl (C=O) groups excluding carboxylic acids is 1. The lowest BCUT2D eigenvalue weighted by molar-refractivity contribution is -0.133. The molecular weight excluding hydrogens is 388 g/mol. The van der Waals surface area contributed by atoms with E-state index in [9.17, 15) is 13.2 Å². The SMILES string of the molecule is COc1ccc(S(=O)(=O)N[C@@H](C)C(=O)N2CCC(Cc3ccccc3)CC2)cc1. The molecule has 1 saturated heterocycles. The minimum absolute atomic E-state index is 0.111. The van der Waals surface area contributed by atoms with Crippen molar-refractivity contribution >= 4 is 15.9 Å². The molecule has 0 bridgehead atoms. The van der Waals surface area contributed by atoms with Crippen LogP contribution >= 0.6 is 0 Å². The smallest absolute Gasteiger partial charge is 0.241 e. The quantitative estimate of drug-likeness (QED) is 0.753. The van der Waals surface area contributed by atoms with Gasteiger partial charge in [-0.1, -0.05) is 30.3 Å². The first-order valence-corrected chi connectivity index (χ1v) is 11.4. The molecule has 29 heavy (non-hydrogen) atoms. The Labute approximate surface area is 172 Å². The summed E-state index contributed by atoms with van der Waals surface area (Å²) in [5.41, 5.74) is 1.32. The number of likely N-dealkylation sites (tertiary alicyclic amines) is 1. The summed E-state index contributed by atoms with van der Waals surface area (Å²) in [5, 5.41) is 0. The lowest BCUT2D eigenvalue weighted by atomic mass is 9.90. The summed E-state index contributed by atoms with van der Waals surface area (Å²) in [7, 11) is -2.25. The van der Waals surface area contributed by atoms with Gasteiger partial charge in [0.1, 0.15) is 5.75 Å². The number of nitrogens with one attached hydrogen (secondary N) is 1.